The lowest BCUT2D eigenvalue weighted by Crippen LogP contribution is -2.25. The number of nitrogens with zero attached hydrogens (tertiary/aromatic N) is 2. The zero-order chi connectivity index (χ0) is 15.1. The first kappa shape index (κ1) is 15.8. The molecule has 114 valence electrons. The van der Waals surface area contributed by atoms with Crippen molar-refractivity contribution in [2.24, 2.45) is 5.92 Å². The first-order valence-electron chi connectivity index (χ1n) is 7.97. The van der Waals surface area contributed by atoms with Gasteiger partial charge in [-0.05, 0) is 31.4 Å². The van der Waals surface area contributed by atoms with Gasteiger partial charge in [0, 0.05) is 24.3 Å². The fraction of sp³-hybridized carbons (Fsp3) is 0.500. The summed E-state index contributed by atoms with van der Waals surface area (Å²) in [6, 6.07) is 10.8. The predicted octanol–water partition coefficient (Wildman–Crippen LogP) is 4.18. The van der Waals surface area contributed by atoms with Crippen LogP contribution in [0.2, 0.25) is 0 Å². The van der Waals surface area contributed by atoms with Gasteiger partial charge in [0.15, 0.2) is 0 Å². The van der Waals surface area contributed by atoms with Gasteiger partial charge >= 0.3 is 0 Å². The molecule has 1 aromatic heterocycles. The van der Waals surface area contributed by atoms with Gasteiger partial charge in [-0.15, -0.1) is 0 Å². The van der Waals surface area contributed by atoms with Gasteiger partial charge in [0.25, 0.3) is 0 Å². The maximum absolute atomic E-state index is 4.43. The average molecular weight is 285 g/mol. The molecule has 0 fully saturated rings. The van der Waals surface area contributed by atoms with Crippen molar-refractivity contribution in [3.63, 3.8) is 0 Å². The standard InChI is InChI=1S/C18H27N3/c1-15(2)8-7-9-16(3)19-12-17-13-20-21(14-17)18-10-5-4-6-11-18/h4-6,10-11,13-16,19H,7-9,12H2,1-3H3. The summed E-state index contributed by atoms with van der Waals surface area (Å²) in [6.07, 6.45) is 7.90. The highest BCUT2D eigenvalue weighted by atomic mass is 15.3. The Hall–Kier alpha value is -1.61. The number of nitrogens with one attached hydrogen (secondary N) is 1. The van der Waals surface area contributed by atoms with Gasteiger partial charge in [0.2, 0.25) is 0 Å². The molecule has 3 heteroatoms. The molecule has 1 heterocycles. The normalized spacial score (nSPS) is 12.8. The van der Waals surface area contributed by atoms with Gasteiger partial charge in [-0.2, -0.15) is 5.10 Å². The van der Waals surface area contributed by atoms with Crippen molar-refractivity contribution in [1.29, 1.82) is 0 Å². The Labute approximate surface area is 128 Å². The second-order valence-corrected chi connectivity index (χ2v) is 6.24. The number of para-hydroxylation sites is 1. The molecule has 1 atom stereocenters. The Balaban J connectivity index is 1.78. The minimum absolute atomic E-state index is 0.559. The molecule has 0 saturated heterocycles. The lowest BCUT2D eigenvalue weighted by molar-refractivity contribution is 0.457. The van der Waals surface area contributed by atoms with E-state index in [1.807, 2.05) is 29.1 Å². The molecule has 0 radical (unpaired) electrons. The van der Waals surface area contributed by atoms with Crippen LogP contribution in [0.25, 0.3) is 5.69 Å². The predicted molar refractivity (Wildman–Crippen MR) is 88.6 cm³/mol. The minimum Gasteiger partial charge on any atom is -0.310 e. The SMILES string of the molecule is CC(C)CCCC(C)NCc1cnn(-c2ccccc2)c1. The number of benzene rings is 1. The summed E-state index contributed by atoms with van der Waals surface area (Å²) in [4.78, 5) is 0. The van der Waals surface area contributed by atoms with Crippen LogP contribution < -0.4 is 5.32 Å². The third-order valence-electron chi connectivity index (χ3n) is 3.73. The molecule has 0 bridgehead atoms. The summed E-state index contributed by atoms with van der Waals surface area (Å²) >= 11 is 0. The van der Waals surface area contributed by atoms with Crippen molar-refractivity contribution in [2.75, 3.05) is 0 Å². The summed E-state index contributed by atoms with van der Waals surface area (Å²) in [5.41, 5.74) is 2.34. The fourth-order valence-electron chi connectivity index (χ4n) is 2.40. The Kier molecular flexibility index (Phi) is 6.00. The van der Waals surface area contributed by atoms with Gasteiger partial charge in [-0.1, -0.05) is 44.9 Å². The van der Waals surface area contributed by atoms with Crippen molar-refractivity contribution >= 4 is 0 Å². The van der Waals surface area contributed by atoms with E-state index in [4.69, 9.17) is 0 Å². The zero-order valence-electron chi connectivity index (χ0n) is 13.4. The molecular formula is C18H27N3. The van der Waals surface area contributed by atoms with Crippen LogP contribution in [0.15, 0.2) is 42.7 Å². The van der Waals surface area contributed by atoms with E-state index < -0.39 is 0 Å². The molecule has 0 saturated carbocycles. The van der Waals surface area contributed by atoms with Gasteiger partial charge in [0.05, 0.1) is 11.9 Å². The molecule has 0 amide bonds. The first-order valence-corrected chi connectivity index (χ1v) is 7.97. The summed E-state index contributed by atoms with van der Waals surface area (Å²) in [5, 5.41) is 8.01. The van der Waals surface area contributed by atoms with Crippen LogP contribution in [0, 0.1) is 5.92 Å². The van der Waals surface area contributed by atoms with E-state index in [0.29, 0.717) is 6.04 Å². The third kappa shape index (κ3) is 5.35. The number of hydrogen-bond donors (Lipinski definition) is 1. The highest BCUT2D eigenvalue weighted by molar-refractivity contribution is 5.30. The highest BCUT2D eigenvalue weighted by Gasteiger charge is 2.05. The largest absolute Gasteiger partial charge is 0.310 e. The minimum atomic E-state index is 0.559. The Morgan fingerprint density at radius 2 is 1.86 bits per heavy atom. The van der Waals surface area contributed by atoms with E-state index in [-0.39, 0.29) is 0 Å². The third-order valence-corrected chi connectivity index (χ3v) is 3.73. The average Bonchev–Trinajstić information content (AvgIpc) is 2.94. The number of hydrogen-bond acceptors (Lipinski definition) is 2. The van der Waals surface area contributed by atoms with E-state index in [1.54, 1.807) is 0 Å². The van der Waals surface area contributed by atoms with Gasteiger partial charge in [-0.3, -0.25) is 0 Å². The van der Waals surface area contributed by atoms with E-state index in [0.717, 1.165) is 18.2 Å². The Bertz CT molecular complexity index is 516. The van der Waals surface area contributed by atoms with E-state index in [1.165, 1.54) is 24.8 Å². The van der Waals surface area contributed by atoms with Crippen LogP contribution in [0.3, 0.4) is 0 Å². The molecule has 2 rings (SSSR count). The summed E-state index contributed by atoms with van der Waals surface area (Å²) in [7, 11) is 0. The van der Waals surface area contributed by atoms with Crippen molar-refractivity contribution in [1.82, 2.24) is 15.1 Å². The molecule has 0 spiro atoms. The first-order chi connectivity index (χ1) is 10.1. The molecule has 2 aromatic rings. The van der Waals surface area contributed by atoms with Crippen molar-refractivity contribution in [3.05, 3.63) is 48.3 Å². The molecular weight excluding hydrogens is 258 g/mol. The fourth-order valence-corrected chi connectivity index (χ4v) is 2.40. The lowest BCUT2D eigenvalue weighted by atomic mass is 10.0. The molecule has 0 aliphatic carbocycles. The quantitative estimate of drug-likeness (QED) is 0.788. The second-order valence-electron chi connectivity index (χ2n) is 6.24. The van der Waals surface area contributed by atoms with Crippen molar-refractivity contribution < 1.29 is 0 Å². The lowest BCUT2D eigenvalue weighted by Gasteiger charge is -2.13. The summed E-state index contributed by atoms with van der Waals surface area (Å²) in [6.45, 7) is 7.73. The molecule has 1 unspecified atom stereocenters. The maximum atomic E-state index is 4.43. The summed E-state index contributed by atoms with van der Waals surface area (Å²) in [5.74, 6) is 0.807. The van der Waals surface area contributed by atoms with E-state index >= 15 is 0 Å². The maximum Gasteiger partial charge on any atom is 0.0645 e. The van der Waals surface area contributed by atoms with E-state index in [9.17, 15) is 0 Å². The van der Waals surface area contributed by atoms with Gasteiger partial charge in [0.1, 0.15) is 0 Å². The molecule has 0 aliphatic rings. The summed E-state index contributed by atoms with van der Waals surface area (Å²) < 4.78 is 1.93. The van der Waals surface area contributed by atoms with Crippen LogP contribution in [0.5, 0.6) is 0 Å². The topological polar surface area (TPSA) is 29.9 Å². The molecule has 21 heavy (non-hydrogen) atoms. The van der Waals surface area contributed by atoms with E-state index in [2.05, 4.69) is 49.5 Å². The number of rotatable bonds is 8. The van der Waals surface area contributed by atoms with Crippen LogP contribution in [0.4, 0.5) is 0 Å². The molecule has 3 nitrogen and oxygen atoms in total. The zero-order valence-corrected chi connectivity index (χ0v) is 13.4. The monoisotopic (exact) mass is 285 g/mol. The smallest absolute Gasteiger partial charge is 0.0645 e. The Morgan fingerprint density at radius 1 is 1.10 bits per heavy atom. The van der Waals surface area contributed by atoms with Crippen molar-refractivity contribution in [2.45, 2.75) is 52.6 Å². The molecule has 0 aliphatic heterocycles. The van der Waals surface area contributed by atoms with Gasteiger partial charge in [-0.25, -0.2) is 4.68 Å². The van der Waals surface area contributed by atoms with Crippen LogP contribution in [-0.4, -0.2) is 15.8 Å². The van der Waals surface area contributed by atoms with Gasteiger partial charge < -0.3 is 5.32 Å². The van der Waals surface area contributed by atoms with Crippen LogP contribution in [0.1, 0.15) is 45.6 Å². The highest BCUT2D eigenvalue weighted by Crippen LogP contribution is 2.10. The molecule has 1 N–H and O–H groups in total. The van der Waals surface area contributed by atoms with Crippen LogP contribution >= 0.6 is 0 Å². The van der Waals surface area contributed by atoms with Crippen LogP contribution in [-0.2, 0) is 6.54 Å². The number of aromatic nitrogens is 2. The molecule has 1 aromatic carbocycles. The Morgan fingerprint density at radius 3 is 2.57 bits per heavy atom. The second kappa shape index (κ2) is 7.99. The van der Waals surface area contributed by atoms with Crippen molar-refractivity contribution in [3.8, 4) is 5.69 Å².